The smallest absolute Gasteiger partial charge is 0.276 e. The molecule has 20 heavy (non-hydrogen) atoms. The Kier molecular flexibility index (Phi) is 5.08. The standard InChI is InChI=1S/C12H20N6O2/c13-16-12-9-10(18(19)20)8-11(15-12)14-4-3-7-17-5-1-2-6-17/h8-9H,1-7,13H2,(H2,14,15,16). The Morgan fingerprint density at radius 1 is 1.35 bits per heavy atom. The predicted molar refractivity (Wildman–Crippen MR) is 77.5 cm³/mol. The molecule has 0 spiro atoms. The van der Waals surface area contributed by atoms with Crippen molar-refractivity contribution < 1.29 is 4.92 Å². The molecule has 0 unspecified atom stereocenters. The van der Waals surface area contributed by atoms with Gasteiger partial charge < -0.3 is 15.6 Å². The second-order valence-electron chi connectivity index (χ2n) is 4.83. The van der Waals surface area contributed by atoms with Crippen molar-refractivity contribution in [1.29, 1.82) is 0 Å². The van der Waals surface area contributed by atoms with Crippen LogP contribution in [0.25, 0.3) is 0 Å². The van der Waals surface area contributed by atoms with E-state index in [4.69, 9.17) is 5.84 Å². The molecule has 0 aliphatic carbocycles. The summed E-state index contributed by atoms with van der Waals surface area (Å²) in [6.45, 7) is 4.13. The molecule has 2 heterocycles. The summed E-state index contributed by atoms with van der Waals surface area (Å²) in [6.07, 6.45) is 3.55. The van der Waals surface area contributed by atoms with Crippen LogP contribution in [0, 0.1) is 10.1 Å². The molecule has 8 heteroatoms. The summed E-state index contributed by atoms with van der Waals surface area (Å²) in [5, 5.41) is 13.9. The number of nitrogens with one attached hydrogen (secondary N) is 2. The Hall–Kier alpha value is -1.93. The van der Waals surface area contributed by atoms with Gasteiger partial charge in [-0.1, -0.05) is 0 Å². The van der Waals surface area contributed by atoms with E-state index in [0.29, 0.717) is 5.82 Å². The maximum absolute atomic E-state index is 10.8. The highest BCUT2D eigenvalue weighted by atomic mass is 16.6. The normalized spacial score (nSPS) is 15.2. The lowest BCUT2D eigenvalue weighted by Crippen LogP contribution is -2.22. The van der Waals surface area contributed by atoms with E-state index >= 15 is 0 Å². The highest BCUT2D eigenvalue weighted by Gasteiger charge is 2.12. The van der Waals surface area contributed by atoms with Gasteiger partial charge in [0.25, 0.3) is 5.69 Å². The minimum Gasteiger partial charge on any atom is -0.370 e. The van der Waals surface area contributed by atoms with E-state index in [1.807, 2.05) is 0 Å². The highest BCUT2D eigenvalue weighted by molar-refractivity contribution is 5.54. The van der Waals surface area contributed by atoms with Crippen molar-refractivity contribution in [3.8, 4) is 0 Å². The Balaban J connectivity index is 1.84. The number of hydrogen-bond acceptors (Lipinski definition) is 7. The number of hydrogen-bond donors (Lipinski definition) is 3. The summed E-state index contributed by atoms with van der Waals surface area (Å²) < 4.78 is 0. The van der Waals surface area contributed by atoms with E-state index in [9.17, 15) is 10.1 Å². The Bertz CT molecular complexity index is 461. The topological polar surface area (TPSA) is 109 Å². The summed E-state index contributed by atoms with van der Waals surface area (Å²) in [4.78, 5) is 16.9. The third kappa shape index (κ3) is 4.04. The molecule has 4 N–H and O–H groups in total. The molecule has 1 aromatic heterocycles. The van der Waals surface area contributed by atoms with Crippen LogP contribution in [-0.2, 0) is 0 Å². The first-order valence-electron chi connectivity index (χ1n) is 6.78. The van der Waals surface area contributed by atoms with Gasteiger partial charge in [-0.15, -0.1) is 0 Å². The fraction of sp³-hybridized carbons (Fsp3) is 0.583. The van der Waals surface area contributed by atoms with Crippen molar-refractivity contribution in [3.05, 3.63) is 22.2 Å². The summed E-state index contributed by atoms with van der Waals surface area (Å²) in [5.74, 6) is 6.00. The van der Waals surface area contributed by atoms with Gasteiger partial charge in [0.15, 0.2) is 0 Å². The fourth-order valence-corrected chi connectivity index (χ4v) is 2.31. The fourth-order valence-electron chi connectivity index (χ4n) is 2.31. The Morgan fingerprint density at radius 3 is 2.70 bits per heavy atom. The molecule has 110 valence electrons. The van der Waals surface area contributed by atoms with Gasteiger partial charge in [-0.25, -0.2) is 10.8 Å². The lowest BCUT2D eigenvalue weighted by atomic mass is 10.3. The number of hydrazine groups is 1. The third-order valence-electron chi connectivity index (χ3n) is 3.32. The van der Waals surface area contributed by atoms with Crippen LogP contribution in [0.15, 0.2) is 12.1 Å². The quantitative estimate of drug-likeness (QED) is 0.298. The van der Waals surface area contributed by atoms with E-state index in [1.165, 1.54) is 38.1 Å². The number of nitro groups is 1. The summed E-state index contributed by atoms with van der Waals surface area (Å²) in [6, 6.07) is 2.71. The molecule has 0 bridgehead atoms. The monoisotopic (exact) mass is 280 g/mol. The van der Waals surface area contributed by atoms with Crippen molar-refractivity contribution in [3.63, 3.8) is 0 Å². The van der Waals surface area contributed by atoms with Crippen LogP contribution in [0.4, 0.5) is 17.3 Å². The van der Waals surface area contributed by atoms with Gasteiger partial charge in [-0.3, -0.25) is 10.1 Å². The Morgan fingerprint density at radius 2 is 2.05 bits per heavy atom. The van der Waals surface area contributed by atoms with E-state index in [-0.39, 0.29) is 11.5 Å². The number of aromatic nitrogens is 1. The third-order valence-corrected chi connectivity index (χ3v) is 3.32. The van der Waals surface area contributed by atoms with Crippen molar-refractivity contribution >= 4 is 17.3 Å². The largest absolute Gasteiger partial charge is 0.370 e. The lowest BCUT2D eigenvalue weighted by Gasteiger charge is -2.14. The van der Waals surface area contributed by atoms with Crippen molar-refractivity contribution in [2.45, 2.75) is 19.3 Å². The highest BCUT2D eigenvalue weighted by Crippen LogP contribution is 2.20. The average molecular weight is 280 g/mol. The number of pyridine rings is 1. The number of anilines is 2. The van der Waals surface area contributed by atoms with E-state index in [1.54, 1.807) is 0 Å². The molecule has 0 aromatic carbocycles. The second kappa shape index (κ2) is 7.01. The van der Waals surface area contributed by atoms with Crippen LogP contribution in [0.3, 0.4) is 0 Å². The zero-order valence-electron chi connectivity index (χ0n) is 11.3. The number of nitrogens with zero attached hydrogens (tertiary/aromatic N) is 3. The molecule has 2 rings (SSSR count). The van der Waals surface area contributed by atoms with Crippen LogP contribution >= 0.6 is 0 Å². The van der Waals surface area contributed by atoms with E-state index in [0.717, 1.165) is 19.5 Å². The number of nitrogens with two attached hydrogens (primary N) is 1. The van der Waals surface area contributed by atoms with Crippen LogP contribution in [0.2, 0.25) is 0 Å². The van der Waals surface area contributed by atoms with Gasteiger partial charge in [0, 0.05) is 6.54 Å². The van der Waals surface area contributed by atoms with E-state index < -0.39 is 4.92 Å². The van der Waals surface area contributed by atoms with Gasteiger partial charge in [0.1, 0.15) is 11.6 Å². The lowest BCUT2D eigenvalue weighted by molar-refractivity contribution is -0.384. The molecule has 1 aliphatic rings. The molecular weight excluding hydrogens is 260 g/mol. The Labute approximate surface area is 117 Å². The van der Waals surface area contributed by atoms with Crippen molar-refractivity contribution in [1.82, 2.24) is 9.88 Å². The molecule has 0 atom stereocenters. The minimum atomic E-state index is -0.460. The summed E-state index contributed by atoms with van der Waals surface area (Å²) in [7, 11) is 0. The first kappa shape index (κ1) is 14.5. The average Bonchev–Trinajstić information content (AvgIpc) is 2.96. The van der Waals surface area contributed by atoms with Crippen LogP contribution < -0.4 is 16.6 Å². The van der Waals surface area contributed by atoms with Crippen LogP contribution in [-0.4, -0.2) is 41.0 Å². The second-order valence-corrected chi connectivity index (χ2v) is 4.83. The van der Waals surface area contributed by atoms with Crippen LogP contribution in [0.5, 0.6) is 0 Å². The minimum absolute atomic E-state index is 0.0324. The molecule has 1 saturated heterocycles. The molecule has 8 nitrogen and oxygen atoms in total. The maximum Gasteiger partial charge on any atom is 0.276 e. The zero-order chi connectivity index (χ0) is 14.4. The molecule has 0 amide bonds. The predicted octanol–water partition coefficient (Wildman–Crippen LogP) is 1.17. The van der Waals surface area contributed by atoms with E-state index in [2.05, 4.69) is 20.6 Å². The molecule has 0 radical (unpaired) electrons. The van der Waals surface area contributed by atoms with Gasteiger partial charge >= 0.3 is 0 Å². The zero-order valence-corrected chi connectivity index (χ0v) is 11.3. The number of rotatable bonds is 7. The van der Waals surface area contributed by atoms with Crippen molar-refractivity contribution in [2.75, 3.05) is 36.9 Å². The molecule has 1 aromatic rings. The van der Waals surface area contributed by atoms with Crippen molar-refractivity contribution in [2.24, 2.45) is 5.84 Å². The van der Waals surface area contributed by atoms with Gasteiger partial charge in [-0.05, 0) is 38.9 Å². The molecule has 1 aliphatic heterocycles. The van der Waals surface area contributed by atoms with Crippen LogP contribution in [0.1, 0.15) is 19.3 Å². The number of nitrogen functional groups attached to an aromatic ring is 1. The molecular formula is C12H20N6O2. The molecule has 1 fully saturated rings. The first-order chi connectivity index (χ1) is 9.69. The van der Waals surface area contributed by atoms with Gasteiger partial charge in [-0.2, -0.15) is 0 Å². The number of likely N-dealkylation sites (tertiary alicyclic amines) is 1. The summed E-state index contributed by atoms with van der Waals surface area (Å²) >= 11 is 0. The SMILES string of the molecule is NNc1cc([N+](=O)[O-])cc(NCCCN2CCCC2)n1. The van der Waals surface area contributed by atoms with Gasteiger partial charge in [0.2, 0.25) is 0 Å². The molecule has 0 saturated carbocycles. The summed E-state index contributed by atoms with van der Waals surface area (Å²) in [5.41, 5.74) is 2.30. The first-order valence-corrected chi connectivity index (χ1v) is 6.78. The maximum atomic E-state index is 10.8. The van der Waals surface area contributed by atoms with Gasteiger partial charge in [0.05, 0.1) is 17.1 Å².